The number of aryl methyl sites for hydroxylation is 1. The van der Waals surface area contributed by atoms with Crippen molar-refractivity contribution in [2.24, 2.45) is 0 Å². The Morgan fingerprint density at radius 2 is 0.582 bits per heavy atom. The Kier molecular flexibility index (Phi) is 33.7. The van der Waals surface area contributed by atoms with Gasteiger partial charge in [0.1, 0.15) is 54.1 Å². The number of aromatic nitrogens is 15. The van der Waals surface area contributed by atoms with Crippen molar-refractivity contribution in [3.05, 3.63) is 230 Å². The van der Waals surface area contributed by atoms with E-state index in [9.17, 15) is 54.7 Å². The normalized spacial score (nSPS) is 13.1. The number of carboxylic acids is 5. The molecule has 4 aliphatic rings. The number of nitrogens with zero attached hydrogens (tertiary/aromatic N) is 15. The third-order valence-electron chi connectivity index (χ3n) is 20.9. The molecule has 19 rings (SSSR count). The van der Waals surface area contributed by atoms with Crippen LogP contribution in [0.15, 0.2) is 165 Å². The van der Waals surface area contributed by atoms with Crippen molar-refractivity contribution in [3.63, 3.8) is 0 Å². The van der Waals surface area contributed by atoms with E-state index in [1.807, 2.05) is 28.2 Å². The Labute approximate surface area is 841 Å². The molecule has 0 atom stereocenters. The van der Waals surface area contributed by atoms with Crippen molar-refractivity contribution in [3.8, 4) is 77.2 Å². The molecule has 4 aliphatic carbocycles. The van der Waals surface area contributed by atoms with Crippen LogP contribution < -0.4 is 0 Å². The molecule has 10 aromatic heterocycles. The van der Waals surface area contributed by atoms with E-state index >= 15 is 0 Å². The third-order valence-corrected chi connectivity index (χ3v) is 34.6. The SMILES string of the molecule is Cc1cc(-n2c(Br)nnc2SCC(=O)O)sc1-c1ccc(F)cc1.O=C(O)CSc1nnc(Br)n1-c1sc(-c2cc(F)cc(F)c2)c2c1CCCC2.O=C(O)CSc1nnc(Br)n1-c1sc(-c2ccc(F)c(F)c2)c2c1CCCC2.O=C(O)CSc1nnc(Br)n1-c1sc(-c2ccc(F)cc2)c2c1CCCC2.O=C(O)CSc1nnc(Br)n1-c1sc(-c2cccc(F)c2)c2c1CCCC2. The average Bonchev–Trinajstić information content (AvgIpc) is 1.62. The van der Waals surface area contributed by atoms with Crippen molar-refractivity contribution in [2.45, 2.75) is 135 Å². The van der Waals surface area contributed by atoms with Crippen LogP contribution in [0, 0.1) is 47.6 Å². The standard InChI is InChI=1S/2C18H14BrF2N3O2S2.2C18H15BrFN3O2S2.C15H11BrFN3O2S2/c19-17-22-23-18(27-8-14(25)26)24(17)16-13-4-2-1-3-12(13)15(28-16)9-5-10(20)7-11(21)6-9;19-17-22-23-18(27-8-14(25)26)24(17)16-11-4-2-1-3-10(11)15(28-16)9-5-6-12(20)13(21)7-9;19-17-21-22-18(26-9-14(24)25)23(17)16-13-7-2-1-6-12(13)15(27-16)10-4-3-5-11(20)8-10;19-17-21-22-18(26-9-14(24)25)23(17)16-13-4-2-1-3-12(13)15(27-16)10-5-7-11(20)8-6-10;1-8-6-11(24-13(8)9-2-4-10(17)5-3-9)20-14(16)18-19-15(20)23-7-12(21)22/h2*5-7H,1-4,8H2,(H,25,26);3-5,8H,1-2,6-7,9H2,(H,24,25);5-8H,1-4,9H2,(H,24,25);2-6H,7H2,1H3,(H,21,22). The molecule has 10 heterocycles. The van der Waals surface area contributed by atoms with Gasteiger partial charge in [0.25, 0.3) is 0 Å². The summed E-state index contributed by atoms with van der Waals surface area (Å²) in [5.74, 6) is -8.89. The van der Waals surface area contributed by atoms with E-state index in [1.165, 1.54) is 105 Å². The van der Waals surface area contributed by atoms with Gasteiger partial charge in [0.2, 0.25) is 23.7 Å². The fourth-order valence-corrected chi connectivity index (χ4v) is 29.0. The Morgan fingerprint density at radius 1 is 0.299 bits per heavy atom. The van der Waals surface area contributed by atoms with E-state index in [2.05, 4.69) is 131 Å². The second-order valence-electron chi connectivity index (χ2n) is 29.9. The molecule has 134 heavy (non-hydrogen) atoms. The number of thioether (sulfide) groups is 5. The largest absolute Gasteiger partial charge is 0.481 e. The molecule has 0 spiro atoms. The van der Waals surface area contributed by atoms with Crippen LogP contribution in [-0.4, -0.2) is 158 Å². The smallest absolute Gasteiger partial charge is 0.313 e. The van der Waals surface area contributed by atoms with Crippen LogP contribution in [0.25, 0.3) is 77.2 Å². The molecule has 0 fully saturated rings. The van der Waals surface area contributed by atoms with Gasteiger partial charge in [-0.15, -0.1) is 108 Å². The highest BCUT2D eigenvalue weighted by molar-refractivity contribution is 9.11. The molecule has 15 aromatic rings. The van der Waals surface area contributed by atoms with Gasteiger partial charge in [-0.05, 0) is 334 Å². The maximum atomic E-state index is 13.8. The van der Waals surface area contributed by atoms with Gasteiger partial charge in [-0.3, -0.25) is 46.8 Å². The van der Waals surface area contributed by atoms with E-state index < -0.39 is 53.1 Å². The first-order valence-electron chi connectivity index (χ1n) is 40.6. The van der Waals surface area contributed by atoms with Crippen LogP contribution >= 0.6 is 195 Å². The second kappa shape index (κ2) is 45.3. The van der Waals surface area contributed by atoms with E-state index in [4.69, 9.17) is 25.5 Å². The zero-order chi connectivity index (χ0) is 94.9. The maximum absolute atomic E-state index is 13.8. The van der Waals surface area contributed by atoms with Crippen molar-refractivity contribution in [1.82, 2.24) is 73.8 Å². The third kappa shape index (κ3) is 23.5. The maximum Gasteiger partial charge on any atom is 0.313 e. The summed E-state index contributed by atoms with van der Waals surface area (Å²) < 4.78 is 107. The number of fused-ring (bicyclic) bond motifs is 4. The number of carbonyl (C=O) groups is 5. The highest BCUT2D eigenvalue weighted by Crippen LogP contribution is 2.51. The number of rotatable bonds is 25. The van der Waals surface area contributed by atoms with Gasteiger partial charge in [-0.2, -0.15) is 0 Å². The zero-order valence-electron chi connectivity index (χ0n) is 69.4. The van der Waals surface area contributed by atoms with Crippen LogP contribution in [0.2, 0.25) is 0 Å². The molecule has 0 radical (unpaired) electrons. The Morgan fingerprint density at radius 3 is 0.910 bits per heavy atom. The molecule has 0 aliphatic heterocycles. The molecular formula is C87H69Br5F7N15O10S10. The molecule has 0 amide bonds. The van der Waals surface area contributed by atoms with Gasteiger partial charge in [0.15, 0.2) is 37.4 Å². The lowest BCUT2D eigenvalue weighted by Crippen LogP contribution is -2.06. The van der Waals surface area contributed by atoms with Crippen molar-refractivity contribution < 1.29 is 80.2 Å². The first-order chi connectivity index (χ1) is 64.4. The minimum atomic E-state index is -0.945. The molecule has 5 aromatic carbocycles. The number of hydrogen-bond donors (Lipinski definition) is 5. The molecule has 0 saturated carbocycles. The number of benzene rings is 5. The Hall–Kier alpha value is -8.69. The summed E-state index contributed by atoms with van der Waals surface area (Å²) in [7, 11) is 0. The lowest BCUT2D eigenvalue weighted by Gasteiger charge is -2.15. The molecule has 0 bridgehead atoms. The highest BCUT2D eigenvalue weighted by Gasteiger charge is 2.33. The summed E-state index contributed by atoms with van der Waals surface area (Å²) >= 11 is 30.2. The Balaban J connectivity index is 0.000000128. The minimum absolute atomic E-state index is 0.0798. The zero-order valence-corrected chi connectivity index (χ0v) is 85.5. The van der Waals surface area contributed by atoms with Gasteiger partial charge in [-0.25, -0.2) is 30.7 Å². The topological polar surface area (TPSA) is 340 Å². The lowest BCUT2D eigenvalue weighted by atomic mass is 9.91. The van der Waals surface area contributed by atoms with E-state index in [1.54, 1.807) is 78.8 Å². The molecule has 696 valence electrons. The van der Waals surface area contributed by atoms with Crippen LogP contribution in [0.4, 0.5) is 30.7 Å². The van der Waals surface area contributed by atoms with Crippen LogP contribution in [-0.2, 0) is 75.3 Å². The lowest BCUT2D eigenvalue weighted by molar-refractivity contribution is -0.134. The van der Waals surface area contributed by atoms with Gasteiger partial charge >= 0.3 is 29.8 Å². The summed E-state index contributed by atoms with van der Waals surface area (Å²) in [5, 5.41) is 92.5. The van der Waals surface area contributed by atoms with Crippen molar-refractivity contribution in [2.75, 3.05) is 28.8 Å². The number of aliphatic carboxylic acids is 5. The van der Waals surface area contributed by atoms with Crippen LogP contribution in [0.3, 0.4) is 0 Å². The van der Waals surface area contributed by atoms with Crippen molar-refractivity contribution in [1.29, 1.82) is 0 Å². The van der Waals surface area contributed by atoms with E-state index in [0.717, 1.165) is 268 Å². The van der Waals surface area contributed by atoms with Gasteiger partial charge in [-0.1, -0.05) is 101 Å². The predicted octanol–water partition coefficient (Wildman–Crippen LogP) is 24.5. The first-order valence-corrected chi connectivity index (χ1v) is 53.6. The second-order valence-corrected chi connectivity index (χ2v) is 43.1. The number of thiophene rings is 5. The summed E-state index contributed by atoms with van der Waals surface area (Å²) in [5.41, 5.74) is 14.5. The monoisotopic (exact) mass is 2330 g/mol. The average molecular weight is 2340 g/mol. The van der Waals surface area contributed by atoms with E-state index in [0.29, 0.717) is 60.6 Å². The van der Waals surface area contributed by atoms with Gasteiger partial charge in [0, 0.05) is 30.5 Å². The quantitative estimate of drug-likeness (QED) is 0.0262. The van der Waals surface area contributed by atoms with Gasteiger partial charge < -0.3 is 25.5 Å². The first kappa shape index (κ1) is 99.8. The summed E-state index contributed by atoms with van der Waals surface area (Å²) in [6, 6.07) is 29.0. The highest BCUT2D eigenvalue weighted by atomic mass is 79.9. The Bertz CT molecular complexity index is 6900. The fourth-order valence-electron chi connectivity index (χ4n) is 15.3. The molecule has 25 nitrogen and oxygen atoms in total. The summed E-state index contributed by atoms with van der Waals surface area (Å²) in [6.45, 7) is 1.97. The van der Waals surface area contributed by atoms with Gasteiger partial charge in [0.05, 0.1) is 28.8 Å². The van der Waals surface area contributed by atoms with E-state index in [-0.39, 0.29) is 46.2 Å². The number of halogens is 12. The predicted molar refractivity (Wildman–Crippen MR) is 525 cm³/mol. The molecule has 0 saturated heterocycles. The molecule has 0 unspecified atom stereocenters. The van der Waals surface area contributed by atoms with Crippen molar-refractivity contribution >= 4 is 225 Å². The van der Waals surface area contributed by atoms with Crippen LogP contribution in [0.5, 0.6) is 0 Å². The summed E-state index contributed by atoms with van der Waals surface area (Å²) in [6.07, 6.45) is 15.7. The number of hydrogen-bond acceptors (Lipinski definition) is 25. The molecular weight excluding hydrogens is 2270 g/mol. The van der Waals surface area contributed by atoms with Crippen LogP contribution in [0.1, 0.15) is 101 Å². The molecule has 47 heteroatoms. The molecule has 5 N–H and O–H groups in total. The number of carboxylic acid groups (broad SMARTS) is 5. The summed E-state index contributed by atoms with van der Waals surface area (Å²) in [4.78, 5) is 59.5. The fraction of sp³-hybridized carbons (Fsp3) is 0.253. The minimum Gasteiger partial charge on any atom is -0.481 e.